The molecule has 2 fully saturated rings. The van der Waals surface area contributed by atoms with Crippen LogP contribution in [0.25, 0.3) is 0 Å². The molecule has 0 amide bonds. The van der Waals surface area contributed by atoms with Crippen molar-refractivity contribution in [2.24, 2.45) is 11.8 Å². The van der Waals surface area contributed by atoms with E-state index in [1.807, 2.05) is 0 Å². The van der Waals surface area contributed by atoms with Crippen molar-refractivity contribution in [2.45, 2.75) is 70.9 Å². The molecule has 20 heavy (non-hydrogen) atoms. The molecule has 0 bridgehead atoms. The van der Waals surface area contributed by atoms with Crippen LogP contribution in [0.2, 0.25) is 0 Å². The van der Waals surface area contributed by atoms with Crippen molar-refractivity contribution >= 4 is 7.26 Å². The summed E-state index contributed by atoms with van der Waals surface area (Å²) in [6.45, 7) is 10.2. The van der Waals surface area contributed by atoms with Gasteiger partial charge in [-0.05, 0) is 50.9 Å². The molecule has 2 aliphatic carbocycles. The zero-order chi connectivity index (χ0) is 13.2. The summed E-state index contributed by atoms with van der Waals surface area (Å²) in [5.41, 5.74) is 0. The van der Waals surface area contributed by atoms with Crippen LogP contribution in [0.5, 0.6) is 0 Å². The minimum absolute atomic E-state index is 0. The minimum atomic E-state index is -0.780. The van der Waals surface area contributed by atoms with Gasteiger partial charge in [-0.15, -0.1) is 0 Å². The Morgan fingerprint density at radius 2 is 1.75 bits per heavy atom. The van der Waals surface area contributed by atoms with Crippen LogP contribution >= 0.6 is 7.26 Å². The van der Waals surface area contributed by atoms with Gasteiger partial charge in [0.25, 0.3) is 0 Å². The molecule has 0 nitrogen and oxygen atoms in total. The molecule has 0 N–H and O–H groups in total. The zero-order valence-electron chi connectivity index (χ0n) is 14.4. The van der Waals surface area contributed by atoms with Gasteiger partial charge in [-0.1, -0.05) is 32.6 Å². The summed E-state index contributed by atoms with van der Waals surface area (Å²) >= 11 is 0. The summed E-state index contributed by atoms with van der Waals surface area (Å²) in [4.78, 5) is 0. The van der Waals surface area contributed by atoms with E-state index in [-0.39, 0.29) is 24.5 Å². The standard InChI is InChI=1S/C17H33P.CH3.Fe/c1-5-18(4,6-2)17(13-8-7-9-14-17)16-12-10-11-15(16)3;;/h13,15-16H,5-12,14H2,1-4H3;1H3;/q;-1;+2. The average Bonchev–Trinajstić information content (AvgIpc) is 2.85. The third kappa shape index (κ3) is 3.47. The van der Waals surface area contributed by atoms with Crippen LogP contribution in [0, 0.1) is 25.7 Å². The zero-order valence-corrected chi connectivity index (χ0v) is 16.4. The molecule has 3 atom stereocenters. The molecule has 2 saturated carbocycles. The van der Waals surface area contributed by atoms with E-state index < -0.39 is 7.26 Å². The predicted octanol–water partition coefficient (Wildman–Crippen LogP) is 6.07. The quantitative estimate of drug-likeness (QED) is 0.331. The molecular formula is C18H36FeP+. The van der Waals surface area contributed by atoms with Crippen molar-refractivity contribution in [3.63, 3.8) is 0 Å². The van der Waals surface area contributed by atoms with E-state index in [0.29, 0.717) is 5.16 Å². The Hall–Kier alpha value is 0.949. The number of hydrogen-bond acceptors (Lipinski definition) is 0. The molecule has 120 valence electrons. The fraction of sp³-hybridized carbons (Fsp3) is 0.889. The van der Waals surface area contributed by atoms with Gasteiger partial charge in [-0.2, -0.15) is 6.42 Å². The van der Waals surface area contributed by atoms with Crippen LogP contribution in [0.15, 0.2) is 0 Å². The fourth-order valence-corrected chi connectivity index (χ4v) is 9.01. The summed E-state index contributed by atoms with van der Waals surface area (Å²) in [5, 5.41) is 0.671. The summed E-state index contributed by atoms with van der Waals surface area (Å²) in [7, 11) is -0.780. The van der Waals surface area contributed by atoms with E-state index in [9.17, 15) is 0 Å². The molecule has 0 aromatic carbocycles. The maximum atomic E-state index is 2.84. The van der Waals surface area contributed by atoms with Crippen molar-refractivity contribution in [1.29, 1.82) is 0 Å². The Kier molecular flexibility index (Phi) is 8.95. The molecule has 0 radical (unpaired) electrons. The van der Waals surface area contributed by atoms with Crippen LogP contribution in [0.3, 0.4) is 0 Å². The van der Waals surface area contributed by atoms with Gasteiger partial charge in [-0.25, -0.2) is 0 Å². The third-order valence-electron chi connectivity index (χ3n) is 6.43. The van der Waals surface area contributed by atoms with Crippen molar-refractivity contribution in [1.82, 2.24) is 0 Å². The Labute approximate surface area is 140 Å². The normalized spacial score (nSPS) is 34.2. The molecule has 2 rings (SSSR count). The molecule has 0 aromatic rings. The van der Waals surface area contributed by atoms with E-state index >= 15 is 0 Å². The molecular weight excluding hydrogens is 303 g/mol. The first-order valence-corrected chi connectivity index (χ1v) is 10.9. The average molecular weight is 339 g/mol. The molecule has 0 saturated heterocycles. The van der Waals surface area contributed by atoms with Gasteiger partial charge < -0.3 is 7.43 Å². The Balaban J connectivity index is 0.00000180. The van der Waals surface area contributed by atoms with Crippen LogP contribution in [0.1, 0.15) is 65.7 Å². The first-order chi connectivity index (χ1) is 8.59. The maximum Gasteiger partial charge on any atom is 2.00 e. The van der Waals surface area contributed by atoms with E-state index in [2.05, 4.69) is 33.9 Å². The smallest absolute Gasteiger partial charge is 0.358 e. The topological polar surface area (TPSA) is 0 Å². The maximum absolute atomic E-state index is 2.84. The second-order valence-electron chi connectivity index (χ2n) is 6.98. The van der Waals surface area contributed by atoms with Gasteiger partial charge in [0, 0.05) is 6.66 Å². The molecule has 3 unspecified atom stereocenters. The molecule has 0 aliphatic heterocycles. The van der Waals surface area contributed by atoms with E-state index in [1.54, 1.807) is 0 Å². The van der Waals surface area contributed by atoms with Crippen molar-refractivity contribution < 1.29 is 17.1 Å². The molecule has 0 spiro atoms. The largest absolute Gasteiger partial charge is 2.00 e. The van der Waals surface area contributed by atoms with Crippen LogP contribution in [-0.4, -0.2) is 24.1 Å². The van der Waals surface area contributed by atoms with E-state index in [4.69, 9.17) is 0 Å². The molecule has 2 aliphatic rings. The van der Waals surface area contributed by atoms with Crippen LogP contribution in [0.4, 0.5) is 0 Å². The van der Waals surface area contributed by atoms with Gasteiger partial charge in [0.05, 0.1) is 12.3 Å². The first kappa shape index (κ1) is 20.9. The molecule has 0 aromatic heterocycles. The predicted molar refractivity (Wildman–Crippen MR) is 92.3 cm³/mol. The Morgan fingerprint density at radius 3 is 2.15 bits per heavy atom. The van der Waals surface area contributed by atoms with Gasteiger partial charge in [0.2, 0.25) is 0 Å². The van der Waals surface area contributed by atoms with Crippen LogP contribution in [-0.2, 0) is 17.1 Å². The number of rotatable bonds is 4. The van der Waals surface area contributed by atoms with Gasteiger partial charge in [0.1, 0.15) is 0 Å². The molecule has 2 heteroatoms. The summed E-state index contributed by atoms with van der Waals surface area (Å²) in [5.74, 6) is 2.01. The third-order valence-corrected chi connectivity index (χ3v) is 12.0. The minimum Gasteiger partial charge on any atom is -0.358 e. The number of hydrogen-bond donors (Lipinski definition) is 0. The van der Waals surface area contributed by atoms with E-state index in [1.165, 1.54) is 57.3 Å². The Bertz CT molecular complexity index is 267. The van der Waals surface area contributed by atoms with Crippen molar-refractivity contribution in [3.05, 3.63) is 13.8 Å². The SMILES string of the molecule is CC[P+](C)(CC)C1(C2CCCC2C)[CH-]CCCC1.[CH3-].[Fe+2]. The van der Waals surface area contributed by atoms with Gasteiger partial charge in [0.15, 0.2) is 0 Å². The van der Waals surface area contributed by atoms with Crippen molar-refractivity contribution in [2.75, 3.05) is 19.0 Å². The summed E-state index contributed by atoms with van der Waals surface area (Å²) < 4.78 is 0. The van der Waals surface area contributed by atoms with Crippen LogP contribution < -0.4 is 0 Å². The monoisotopic (exact) mass is 339 g/mol. The van der Waals surface area contributed by atoms with E-state index in [0.717, 1.165) is 11.8 Å². The second kappa shape index (κ2) is 8.55. The second-order valence-corrected chi connectivity index (χ2v) is 11.9. The Morgan fingerprint density at radius 1 is 1.10 bits per heavy atom. The van der Waals surface area contributed by atoms with Gasteiger partial charge >= 0.3 is 17.1 Å². The summed E-state index contributed by atoms with van der Waals surface area (Å²) in [6, 6.07) is 0. The fourth-order valence-electron chi connectivity index (χ4n) is 4.93. The van der Waals surface area contributed by atoms with Gasteiger partial charge in [-0.3, -0.25) is 6.42 Å². The first-order valence-electron chi connectivity index (χ1n) is 8.28. The van der Waals surface area contributed by atoms with Crippen molar-refractivity contribution in [3.8, 4) is 0 Å². The summed E-state index contributed by atoms with van der Waals surface area (Å²) in [6.07, 6.45) is 16.1. The molecule has 0 heterocycles.